The minimum absolute atomic E-state index is 0.0319. The van der Waals surface area contributed by atoms with Gasteiger partial charge in [-0.25, -0.2) is 18.6 Å². The fourth-order valence-corrected chi connectivity index (χ4v) is 6.67. The molecule has 1 amide bonds. The van der Waals surface area contributed by atoms with E-state index in [0.29, 0.717) is 29.6 Å². The highest BCUT2D eigenvalue weighted by Gasteiger charge is 2.44. The Bertz CT molecular complexity index is 1250. The number of ether oxygens (including phenoxy) is 1. The summed E-state index contributed by atoms with van der Waals surface area (Å²) in [5, 5.41) is 9.64. The van der Waals surface area contributed by atoms with Crippen LogP contribution < -0.4 is 4.74 Å². The number of amides is 1. The smallest absolute Gasteiger partial charge is 0.378 e. The molecule has 192 valence electrons. The molecule has 1 aromatic carbocycles. The minimum atomic E-state index is -3.32. The van der Waals surface area contributed by atoms with Gasteiger partial charge in [-0.2, -0.15) is 0 Å². The summed E-state index contributed by atoms with van der Waals surface area (Å²) in [4.78, 5) is 31.0. The molecule has 10 heteroatoms. The van der Waals surface area contributed by atoms with Crippen molar-refractivity contribution in [3.05, 3.63) is 41.4 Å². The van der Waals surface area contributed by atoms with Crippen LogP contribution in [0, 0.1) is 28.6 Å². The summed E-state index contributed by atoms with van der Waals surface area (Å²) in [5.74, 6) is 2.14. The maximum atomic E-state index is 13.0. The molecule has 3 aliphatic rings. The van der Waals surface area contributed by atoms with Crippen LogP contribution in [-0.2, 0) is 14.6 Å². The van der Waals surface area contributed by atoms with E-state index in [1.54, 1.807) is 12.1 Å². The van der Waals surface area contributed by atoms with Crippen molar-refractivity contribution in [2.45, 2.75) is 43.4 Å². The van der Waals surface area contributed by atoms with Gasteiger partial charge < -0.3 is 9.64 Å². The number of pyridine rings is 1. The number of sulfone groups is 1. The third-order valence-corrected chi connectivity index (χ3v) is 9.22. The zero-order chi connectivity index (χ0) is 25.4. The number of rotatable bonds is 7. The highest BCUT2D eigenvalue weighted by molar-refractivity contribution is 7.90. The minimum Gasteiger partial charge on any atom is -0.472 e. The first kappa shape index (κ1) is 24.7. The van der Waals surface area contributed by atoms with E-state index in [1.807, 2.05) is 4.90 Å². The summed E-state index contributed by atoms with van der Waals surface area (Å²) in [6.07, 6.45) is 9.08. The lowest BCUT2D eigenvalue weighted by atomic mass is 9.87. The van der Waals surface area contributed by atoms with Crippen molar-refractivity contribution in [3.63, 3.8) is 0 Å². The number of nitrogens with zero attached hydrogens (tertiary/aromatic N) is 3. The lowest BCUT2D eigenvalue weighted by molar-refractivity contribution is -0.730. The Labute approximate surface area is 210 Å². The molecule has 1 saturated heterocycles. The number of benzene rings is 1. The number of hydrogen-bond donors (Lipinski definition) is 1. The zero-order valence-electron chi connectivity index (χ0n) is 20.4. The number of likely N-dealkylation sites (tertiary alicyclic amines) is 1. The Morgan fingerprint density at radius 3 is 2.42 bits per heavy atom. The van der Waals surface area contributed by atoms with E-state index in [2.05, 4.69) is 4.98 Å². The molecule has 3 atom stereocenters. The summed E-state index contributed by atoms with van der Waals surface area (Å²) < 4.78 is 29.2. The molecule has 3 unspecified atom stereocenters. The van der Waals surface area contributed by atoms with Gasteiger partial charge in [-0.1, -0.05) is 18.6 Å². The number of fused-ring (bicyclic) bond motifs is 2. The molecule has 9 nitrogen and oxygen atoms in total. The number of piperidine rings is 1. The van der Waals surface area contributed by atoms with Crippen LogP contribution in [0.1, 0.15) is 38.5 Å². The molecule has 2 saturated carbocycles. The maximum Gasteiger partial charge on any atom is 0.378 e. The molecule has 3 fully saturated rings. The van der Waals surface area contributed by atoms with E-state index in [9.17, 15) is 23.3 Å². The van der Waals surface area contributed by atoms with Crippen LogP contribution in [-0.4, -0.2) is 60.3 Å². The lowest BCUT2D eigenvalue weighted by Gasteiger charge is -2.35. The van der Waals surface area contributed by atoms with Gasteiger partial charge in [0.25, 0.3) is 10.8 Å². The van der Waals surface area contributed by atoms with Crippen LogP contribution in [0.2, 0.25) is 0 Å². The number of carbonyl (C=O) groups excluding carboxylic acids is 1. The first-order chi connectivity index (χ1) is 17.2. The average Bonchev–Trinajstić information content (AvgIpc) is 3.51. The third-order valence-electron chi connectivity index (χ3n) is 8.09. The molecule has 0 radical (unpaired) electrons. The van der Waals surface area contributed by atoms with E-state index < -0.39 is 9.84 Å². The molecule has 36 heavy (non-hydrogen) atoms. The number of hydrogen-bond acceptors (Lipinski definition) is 6. The summed E-state index contributed by atoms with van der Waals surface area (Å²) in [5.41, 5.74) is 1.07. The quantitative estimate of drug-likeness (QED) is 0.555. The van der Waals surface area contributed by atoms with Crippen molar-refractivity contribution in [1.82, 2.24) is 9.88 Å². The molecule has 2 aromatic rings. The van der Waals surface area contributed by atoms with E-state index in [-0.39, 0.29) is 33.2 Å². The van der Waals surface area contributed by atoms with Crippen LogP contribution >= 0.6 is 0 Å². The number of carbonyl (C=O) groups is 1. The molecule has 2 bridgehead atoms. The van der Waals surface area contributed by atoms with Crippen LogP contribution in [0.4, 0.5) is 5.69 Å². The first-order valence-corrected chi connectivity index (χ1v) is 14.5. The normalized spacial score (nSPS) is 24.1. The van der Waals surface area contributed by atoms with Crippen molar-refractivity contribution in [2.24, 2.45) is 23.7 Å². The SMILES string of the molecule is CS(=O)(=O)c1ccc(-c2cnc(OCC3CCN(C(=O)C4CC5CCC4C5)CC3)c([N+](=O)O)c2)cc1. The van der Waals surface area contributed by atoms with Crippen LogP contribution in [0.3, 0.4) is 0 Å². The molecule has 5 rings (SSSR count). The second-order valence-corrected chi connectivity index (χ2v) is 12.5. The van der Waals surface area contributed by atoms with Crippen molar-refractivity contribution < 1.29 is 28.1 Å². The zero-order valence-corrected chi connectivity index (χ0v) is 21.2. The Kier molecular flexibility index (Phi) is 6.72. The van der Waals surface area contributed by atoms with Crippen LogP contribution in [0.15, 0.2) is 41.4 Å². The molecular weight excluding hydrogens is 482 g/mol. The fraction of sp³-hybridized carbons (Fsp3) is 0.538. The molecule has 2 heterocycles. The van der Waals surface area contributed by atoms with Crippen molar-refractivity contribution in [1.29, 1.82) is 0 Å². The van der Waals surface area contributed by atoms with Gasteiger partial charge in [-0.05, 0) is 67.6 Å². The molecule has 1 aliphatic heterocycles. The van der Waals surface area contributed by atoms with Crippen molar-refractivity contribution >= 4 is 21.4 Å². The van der Waals surface area contributed by atoms with E-state index in [4.69, 9.17) is 4.74 Å². The molecule has 1 N–H and O–H groups in total. The highest BCUT2D eigenvalue weighted by Crippen LogP contribution is 2.49. The summed E-state index contributed by atoms with van der Waals surface area (Å²) in [7, 11) is -3.32. The summed E-state index contributed by atoms with van der Waals surface area (Å²) >= 11 is 0. The summed E-state index contributed by atoms with van der Waals surface area (Å²) in [6.45, 7) is 1.78. The first-order valence-electron chi connectivity index (χ1n) is 12.6. The van der Waals surface area contributed by atoms with Crippen molar-refractivity contribution in [2.75, 3.05) is 26.0 Å². The standard InChI is InChI=1S/C26H32N3O6S/c1-36(33,34)22-6-4-19(5-7-22)21-14-24(29(31)32)25(27-15-21)35-16-17-8-10-28(11-9-17)26(30)23-13-18-2-3-20(23)12-18/h4-7,14-15,17-18,20,23H,2-3,8-13,16H2,1H3,(H,31,32)/q+1. The molecular formula is C26H32N3O6S+. The molecule has 0 spiro atoms. The van der Waals surface area contributed by atoms with Gasteiger partial charge in [0, 0.05) is 43.1 Å². The predicted molar refractivity (Wildman–Crippen MR) is 132 cm³/mol. The predicted octanol–water partition coefficient (Wildman–Crippen LogP) is 4.01. The van der Waals surface area contributed by atoms with Gasteiger partial charge in [0.05, 0.1) is 16.4 Å². The van der Waals surface area contributed by atoms with E-state index in [1.165, 1.54) is 43.7 Å². The Balaban J connectivity index is 1.19. The topological polar surface area (TPSA) is 117 Å². The van der Waals surface area contributed by atoms with Crippen LogP contribution in [0.5, 0.6) is 5.88 Å². The second-order valence-electron chi connectivity index (χ2n) is 10.5. The fourth-order valence-electron chi connectivity index (χ4n) is 6.04. The second kappa shape index (κ2) is 9.80. The third kappa shape index (κ3) is 5.09. The molecule has 2 aliphatic carbocycles. The Morgan fingerprint density at radius 2 is 1.83 bits per heavy atom. The van der Waals surface area contributed by atoms with Gasteiger partial charge in [-0.15, -0.1) is 0 Å². The van der Waals surface area contributed by atoms with Gasteiger partial charge in [0.15, 0.2) is 9.84 Å². The number of aromatic nitrogens is 1. The maximum absolute atomic E-state index is 13.0. The summed E-state index contributed by atoms with van der Waals surface area (Å²) in [6, 6.07) is 7.67. The van der Waals surface area contributed by atoms with Crippen LogP contribution in [0.25, 0.3) is 11.1 Å². The van der Waals surface area contributed by atoms with Gasteiger partial charge in [0.2, 0.25) is 5.91 Å². The van der Waals surface area contributed by atoms with Gasteiger partial charge in [0.1, 0.15) is 0 Å². The highest BCUT2D eigenvalue weighted by atomic mass is 32.2. The van der Waals surface area contributed by atoms with E-state index in [0.717, 1.165) is 44.5 Å². The molecule has 1 aromatic heterocycles. The average molecular weight is 515 g/mol. The van der Waals surface area contributed by atoms with E-state index >= 15 is 0 Å². The Hall–Kier alpha value is -3.01. The largest absolute Gasteiger partial charge is 0.472 e. The lowest BCUT2D eigenvalue weighted by Crippen LogP contribution is -2.43. The Morgan fingerprint density at radius 1 is 1.11 bits per heavy atom. The van der Waals surface area contributed by atoms with Gasteiger partial charge >= 0.3 is 5.69 Å². The van der Waals surface area contributed by atoms with Crippen molar-refractivity contribution in [3.8, 4) is 17.0 Å². The van der Waals surface area contributed by atoms with Gasteiger partial charge in [-0.3, -0.25) is 4.79 Å². The monoisotopic (exact) mass is 514 g/mol.